The van der Waals surface area contributed by atoms with Crippen molar-refractivity contribution in [2.45, 2.75) is 39.8 Å². The van der Waals surface area contributed by atoms with Gasteiger partial charge < -0.3 is 4.90 Å². The molecule has 0 saturated carbocycles. The van der Waals surface area contributed by atoms with Crippen LogP contribution in [0.3, 0.4) is 0 Å². The zero-order valence-electron chi connectivity index (χ0n) is 25.1. The predicted molar refractivity (Wildman–Crippen MR) is 184 cm³/mol. The van der Waals surface area contributed by atoms with Crippen LogP contribution in [0.2, 0.25) is 0 Å². The maximum atomic E-state index is 14.9. The van der Waals surface area contributed by atoms with E-state index in [0.717, 1.165) is 38.6 Å². The summed E-state index contributed by atoms with van der Waals surface area (Å²) in [4.78, 5) is 17.0. The summed E-state index contributed by atoms with van der Waals surface area (Å²) in [5.74, 6) is 0.0603. The van der Waals surface area contributed by atoms with Gasteiger partial charge >= 0.3 is 0 Å². The van der Waals surface area contributed by atoms with Crippen molar-refractivity contribution in [2.24, 2.45) is 0 Å². The molecule has 1 amide bonds. The number of nitrogens with zero attached hydrogens (tertiary/aromatic N) is 1. The SMILES string of the molecule is CC(C)N(C(=O)c1c(-c2cc3ccccc3c3ccccc23)cccc1-c1cc2ccccc2c2ccccc12)C(C)C. The van der Waals surface area contributed by atoms with Crippen LogP contribution in [-0.2, 0) is 0 Å². The molecule has 7 aromatic rings. The highest BCUT2D eigenvalue weighted by atomic mass is 16.2. The Morgan fingerprint density at radius 1 is 0.442 bits per heavy atom. The molecule has 0 radical (unpaired) electrons. The average molecular weight is 558 g/mol. The van der Waals surface area contributed by atoms with Crippen molar-refractivity contribution in [3.8, 4) is 22.3 Å². The summed E-state index contributed by atoms with van der Waals surface area (Å²) in [5.41, 5.74) is 4.85. The molecule has 0 N–H and O–H groups in total. The molecule has 210 valence electrons. The van der Waals surface area contributed by atoms with Crippen LogP contribution in [0.1, 0.15) is 38.1 Å². The standard InChI is InChI=1S/C41H35NO/c1-26(2)42(27(3)4)41(43)40-36(38-24-28-14-5-7-16-30(28)32-18-9-11-20-34(32)38)22-13-23-37(40)39-25-29-15-6-8-17-31(29)33-19-10-12-21-35(33)39/h5-27H,1-4H3. The number of hydrogen-bond acceptors (Lipinski definition) is 1. The van der Waals surface area contributed by atoms with Crippen molar-refractivity contribution < 1.29 is 4.79 Å². The first-order valence-electron chi connectivity index (χ1n) is 15.2. The van der Waals surface area contributed by atoms with E-state index in [9.17, 15) is 4.79 Å². The summed E-state index contributed by atoms with van der Waals surface area (Å²) in [6.07, 6.45) is 0. The highest BCUT2D eigenvalue weighted by Gasteiger charge is 2.28. The number of carbonyl (C=O) groups excluding carboxylic acids is 1. The average Bonchev–Trinajstić information content (AvgIpc) is 3.03. The molecule has 7 rings (SSSR count). The highest BCUT2D eigenvalue weighted by Crippen LogP contribution is 2.43. The fraction of sp³-hybridized carbons (Fsp3) is 0.146. The van der Waals surface area contributed by atoms with Gasteiger partial charge in [-0.1, -0.05) is 115 Å². The largest absolute Gasteiger partial charge is 0.334 e. The first kappa shape index (κ1) is 26.9. The molecule has 0 heterocycles. The Hall–Kier alpha value is -4.95. The van der Waals surface area contributed by atoms with Crippen LogP contribution in [0.4, 0.5) is 0 Å². The number of carbonyl (C=O) groups is 1. The Kier molecular flexibility index (Phi) is 6.70. The fourth-order valence-corrected chi connectivity index (χ4v) is 6.98. The molecule has 0 saturated heterocycles. The number of benzene rings is 7. The van der Waals surface area contributed by atoms with E-state index in [0.29, 0.717) is 0 Å². The third-order valence-corrected chi connectivity index (χ3v) is 8.74. The molecule has 0 aromatic heterocycles. The molecule has 2 nitrogen and oxygen atoms in total. The second-order valence-electron chi connectivity index (χ2n) is 12.0. The van der Waals surface area contributed by atoms with Crippen molar-refractivity contribution in [1.29, 1.82) is 0 Å². The third-order valence-electron chi connectivity index (χ3n) is 8.74. The second-order valence-corrected chi connectivity index (χ2v) is 12.0. The zero-order valence-corrected chi connectivity index (χ0v) is 25.1. The maximum absolute atomic E-state index is 14.9. The minimum Gasteiger partial charge on any atom is -0.334 e. The summed E-state index contributed by atoms with van der Waals surface area (Å²) in [6, 6.07) is 45.2. The maximum Gasteiger partial charge on any atom is 0.255 e. The smallest absolute Gasteiger partial charge is 0.255 e. The van der Waals surface area contributed by atoms with Gasteiger partial charge in [-0.3, -0.25) is 4.79 Å². The van der Waals surface area contributed by atoms with Gasteiger partial charge in [0.15, 0.2) is 0 Å². The Bertz CT molecular complexity index is 2030. The van der Waals surface area contributed by atoms with Crippen molar-refractivity contribution in [3.63, 3.8) is 0 Å². The van der Waals surface area contributed by atoms with Crippen molar-refractivity contribution in [1.82, 2.24) is 4.90 Å². The van der Waals surface area contributed by atoms with Gasteiger partial charge in [-0.05, 0) is 105 Å². The van der Waals surface area contributed by atoms with Crippen LogP contribution in [0.15, 0.2) is 127 Å². The quantitative estimate of drug-likeness (QED) is 0.193. The monoisotopic (exact) mass is 557 g/mol. The van der Waals surface area contributed by atoms with Crippen LogP contribution in [-0.4, -0.2) is 22.9 Å². The van der Waals surface area contributed by atoms with Crippen LogP contribution < -0.4 is 0 Å². The van der Waals surface area contributed by atoms with E-state index in [2.05, 4.69) is 155 Å². The molecule has 2 heteroatoms. The van der Waals surface area contributed by atoms with E-state index >= 15 is 0 Å². The van der Waals surface area contributed by atoms with Crippen molar-refractivity contribution in [3.05, 3.63) is 133 Å². The zero-order chi connectivity index (χ0) is 29.7. The van der Waals surface area contributed by atoms with Crippen LogP contribution >= 0.6 is 0 Å². The lowest BCUT2D eigenvalue weighted by molar-refractivity contribution is 0.0645. The summed E-state index contributed by atoms with van der Waals surface area (Å²) in [7, 11) is 0. The third kappa shape index (κ3) is 4.46. The topological polar surface area (TPSA) is 20.3 Å². The Morgan fingerprint density at radius 2 is 0.814 bits per heavy atom. The molecule has 0 bridgehead atoms. The van der Waals surface area contributed by atoms with Gasteiger partial charge in [0, 0.05) is 12.1 Å². The van der Waals surface area contributed by atoms with Gasteiger partial charge in [-0.25, -0.2) is 0 Å². The lowest BCUT2D eigenvalue weighted by atomic mass is 9.85. The minimum atomic E-state index is 0.0510. The van der Waals surface area contributed by atoms with Crippen molar-refractivity contribution >= 4 is 49.0 Å². The molecule has 43 heavy (non-hydrogen) atoms. The predicted octanol–water partition coefficient (Wildman–Crippen LogP) is 10.9. The number of hydrogen-bond donors (Lipinski definition) is 0. The van der Waals surface area contributed by atoms with Crippen LogP contribution in [0, 0.1) is 0 Å². The summed E-state index contributed by atoms with van der Waals surface area (Å²) < 4.78 is 0. The van der Waals surface area contributed by atoms with E-state index in [1.807, 2.05) is 4.90 Å². The van der Waals surface area contributed by atoms with Gasteiger partial charge in [0.05, 0.1) is 5.56 Å². The van der Waals surface area contributed by atoms with Gasteiger partial charge in [-0.15, -0.1) is 0 Å². The molecule has 0 aliphatic rings. The highest BCUT2D eigenvalue weighted by molar-refractivity contribution is 6.19. The van der Waals surface area contributed by atoms with E-state index < -0.39 is 0 Å². The molecular formula is C41H35NO. The van der Waals surface area contributed by atoms with Crippen LogP contribution in [0.5, 0.6) is 0 Å². The molecule has 0 unspecified atom stereocenters. The van der Waals surface area contributed by atoms with Gasteiger partial charge in [0.1, 0.15) is 0 Å². The Labute approximate surface area is 253 Å². The molecule has 0 fully saturated rings. The molecular weight excluding hydrogens is 522 g/mol. The summed E-state index contributed by atoms with van der Waals surface area (Å²) in [5, 5.41) is 9.46. The van der Waals surface area contributed by atoms with Gasteiger partial charge in [-0.2, -0.15) is 0 Å². The molecule has 0 aliphatic carbocycles. The molecule has 0 spiro atoms. The number of fused-ring (bicyclic) bond motifs is 6. The molecule has 7 aromatic carbocycles. The minimum absolute atomic E-state index is 0.0510. The lowest BCUT2D eigenvalue weighted by Crippen LogP contribution is -2.42. The van der Waals surface area contributed by atoms with E-state index in [4.69, 9.17) is 0 Å². The molecule has 0 aliphatic heterocycles. The first-order valence-corrected chi connectivity index (χ1v) is 15.2. The summed E-state index contributed by atoms with van der Waals surface area (Å²) >= 11 is 0. The van der Waals surface area contributed by atoms with E-state index in [-0.39, 0.29) is 18.0 Å². The normalized spacial score (nSPS) is 11.8. The van der Waals surface area contributed by atoms with Gasteiger partial charge in [0.25, 0.3) is 5.91 Å². The van der Waals surface area contributed by atoms with Crippen molar-refractivity contribution in [2.75, 3.05) is 0 Å². The van der Waals surface area contributed by atoms with Gasteiger partial charge in [0.2, 0.25) is 0 Å². The Balaban J connectivity index is 1.62. The fourth-order valence-electron chi connectivity index (χ4n) is 6.98. The van der Waals surface area contributed by atoms with Crippen LogP contribution in [0.25, 0.3) is 65.3 Å². The summed E-state index contributed by atoms with van der Waals surface area (Å²) in [6.45, 7) is 8.43. The Morgan fingerprint density at radius 3 is 1.23 bits per heavy atom. The van der Waals surface area contributed by atoms with E-state index in [1.165, 1.54) is 32.3 Å². The second kappa shape index (κ2) is 10.7. The lowest BCUT2D eigenvalue weighted by Gasteiger charge is -2.32. The number of rotatable bonds is 5. The molecule has 0 atom stereocenters. The van der Waals surface area contributed by atoms with E-state index in [1.54, 1.807) is 0 Å². The first-order chi connectivity index (χ1) is 20.9. The number of amides is 1.